The van der Waals surface area contributed by atoms with Crippen LogP contribution in [0.25, 0.3) is 22.3 Å². The normalized spacial score (nSPS) is 10.8. The zero-order valence-corrected chi connectivity index (χ0v) is 17.9. The Hall–Kier alpha value is -3.66. The number of carboxylic acids is 1. The summed E-state index contributed by atoms with van der Waals surface area (Å²) in [5.41, 5.74) is 2.27. The molecule has 36 heavy (non-hydrogen) atoms. The van der Waals surface area contributed by atoms with Crippen LogP contribution in [-0.4, -0.2) is 57.9 Å². The van der Waals surface area contributed by atoms with Crippen molar-refractivity contribution in [1.82, 2.24) is 4.98 Å². The molecule has 0 spiro atoms. The predicted octanol–water partition coefficient (Wildman–Crippen LogP) is 5.62. The second-order valence-corrected chi connectivity index (χ2v) is 7.42. The zero-order chi connectivity index (χ0) is 25.0. The van der Waals surface area contributed by atoms with Gasteiger partial charge < -0.3 is 15.2 Å². The standard InChI is InChI=1S/C26H17F3N2O4.Na.H/c27-26(28,29)35-21-8-4-7-17(12-21)18-9-10-22(25(33)34)23(13-18)31-24(32)20-11-19(14-30-15-20)16-5-2-1-3-6-16;;/h1-15H,(H,31,32)(H,33,34);;. The number of amides is 1. The van der Waals surface area contributed by atoms with Crippen LogP contribution in [0.3, 0.4) is 0 Å². The second-order valence-electron chi connectivity index (χ2n) is 7.42. The summed E-state index contributed by atoms with van der Waals surface area (Å²) in [5, 5.41) is 12.1. The first-order valence-electron chi connectivity index (χ1n) is 10.2. The van der Waals surface area contributed by atoms with Gasteiger partial charge in [-0.3, -0.25) is 9.78 Å². The van der Waals surface area contributed by atoms with Crippen molar-refractivity contribution in [3.05, 3.63) is 102 Å². The van der Waals surface area contributed by atoms with Crippen LogP contribution in [-0.2, 0) is 0 Å². The molecule has 0 aliphatic rings. The number of nitrogens with one attached hydrogen (secondary N) is 1. The van der Waals surface area contributed by atoms with Crippen LogP contribution in [0.2, 0.25) is 0 Å². The van der Waals surface area contributed by atoms with E-state index in [0.29, 0.717) is 16.7 Å². The number of ether oxygens (including phenoxy) is 1. The van der Waals surface area contributed by atoms with E-state index < -0.39 is 24.0 Å². The third-order valence-corrected chi connectivity index (χ3v) is 5.01. The van der Waals surface area contributed by atoms with E-state index >= 15 is 0 Å². The number of rotatable bonds is 6. The van der Waals surface area contributed by atoms with Gasteiger partial charge in [0, 0.05) is 18.0 Å². The van der Waals surface area contributed by atoms with Gasteiger partial charge in [-0.1, -0.05) is 48.5 Å². The van der Waals surface area contributed by atoms with Gasteiger partial charge in [-0.25, -0.2) is 4.79 Å². The van der Waals surface area contributed by atoms with Crippen LogP contribution in [0.15, 0.2) is 91.3 Å². The summed E-state index contributed by atoms with van der Waals surface area (Å²) in [5.74, 6) is -2.30. The molecule has 0 bridgehead atoms. The number of aromatic carboxylic acids is 1. The molecule has 178 valence electrons. The molecule has 0 aliphatic carbocycles. The van der Waals surface area contributed by atoms with Gasteiger partial charge in [0.05, 0.1) is 16.8 Å². The van der Waals surface area contributed by atoms with E-state index in [-0.39, 0.29) is 46.4 Å². The van der Waals surface area contributed by atoms with Gasteiger partial charge in [0.25, 0.3) is 5.91 Å². The SMILES string of the molecule is O=C(Nc1cc(-c2cccc(OC(F)(F)F)c2)ccc1C(=O)O)c1cncc(-c2ccccc2)c1.[NaH]. The molecule has 1 heterocycles. The molecular weight excluding hydrogens is 484 g/mol. The van der Waals surface area contributed by atoms with Crippen molar-refractivity contribution in [1.29, 1.82) is 0 Å². The number of nitrogens with zero attached hydrogens (tertiary/aromatic N) is 1. The number of halogens is 3. The summed E-state index contributed by atoms with van der Waals surface area (Å²) in [6.45, 7) is 0. The van der Waals surface area contributed by atoms with Crippen LogP contribution < -0.4 is 10.1 Å². The predicted molar refractivity (Wildman–Crippen MR) is 130 cm³/mol. The van der Waals surface area contributed by atoms with Gasteiger partial charge in [0.1, 0.15) is 5.75 Å². The first-order chi connectivity index (χ1) is 16.7. The number of carbonyl (C=O) groups is 2. The van der Waals surface area contributed by atoms with E-state index in [2.05, 4.69) is 15.0 Å². The molecule has 4 rings (SSSR count). The van der Waals surface area contributed by atoms with Crippen molar-refractivity contribution in [2.45, 2.75) is 6.36 Å². The summed E-state index contributed by atoms with van der Waals surface area (Å²) in [7, 11) is 0. The number of aromatic nitrogens is 1. The fraction of sp³-hybridized carbons (Fsp3) is 0.0385. The van der Waals surface area contributed by atoms with Crippen LogP contribution >= 0.6 is 0 Å². The number of carboxylic acid groups (broad SMARTS) is 1. The van der Waals surface area contributed by atoms with Crippen molar-refractivity contribution in [2.75, 3.05) is 5.32 Å². The Morgan fingerprint density at radius 1 is 0.806 bits per heavy atom. The monoisotopic (exact) mass is 502 g/mol. The molecule has 1 aromatic heterocycles. The molecular formula is C26H18F3N2NaO4. The maximum atomic E-state index is 12.9. The minimum atomic E-state index is -4.85. The van der Waals surface area contributed by atoms with E-state index in [1.165, 1.54) is 42.6 Å². The Morgan fingerprint density at radius 2 is 1.50 bits per heavy atom. The molecule has 0 atom stereocenters. The summed E-state index contributed by atoms with van der Waals surface area (Å²) >= 11 is 0. The number of hydrogen-bond acceptors (Lipinski definition) is 4. The van der Waals surface area contributed by atoms with Gasteiger partial charge in [0.2, 0.25) is 0 Å². The first kappa shape index (κ1) is 26.9. The molecule has 2 N–H and O–H groups in total. The average Bonchev–Trinajstić information content (AvgIpc) is 2.83. The molecule has 0 radical (unpaired) electrons. The van der Waals surface area contributed by atoms with Gasteiger partial charge >= 0.3 is 41.9 Å². The van der Waals surface area contributed by atoms with E-state index in [9.17, 15) is 27.9 Å². The van der Waals surface area contributed by atoms with Crippen LogP contribution in [0.4, 0.5) is 18.9 Å². The Balaban J connectivity index is 0.00000361. The molecule has 1 amide bonds. The Morgan fingerprint density at radius 3 is 2.19 bits per heavy atom. The number of anilines is 1. The van der Waals surface area contributed by atoms with E-state index in [1.807, 2.05) is 30.3 Å². The second kappa shape index (κ2) is 11.4. The first-order valence-corrected chi connectivity index (χ1v) is 10.2. The number of alkyl halides is 3. The van der Waals surface area contributed by atoms with Gasteiger partial charge in [-0.15, -0.1) is 13.2 Å². The molecule has 10 heteroatoms. The Kier molecular flexibility index (Phi) is 8.52. The molecule has 3 aromatic carbocycles. The molecule has 0 aliphatic heterocycles. The Bertz CT molecular complexity index is 1400. The average molecular weight is 502 g/mol. The quantitative estimate of drug-likeness (QED) is 0.335. The van der Waals surface area contributed by atoms with Crippen molar-refractivity contribution < 1.29 is 32.6 Å². The maximum absolute atomic E-state index is 12.9. The zero-order valence-electron chi connectivity index (χ0n) is 17.9. The molecule has 0 fully saturated rings. The molecule has 0 saturated carbocycles. The van der Waals surface area contributed by atoms with Crippen molar-refractivity contribution in [2.24, 2.45) is 0 Å². The Labute approximate surface area is 226 Å². The van der Waals surface area contributed by atoms with Crippen molar-refractivity contribution in [3.63, 3.8) is 0 Å². The van der Waals surface area contributed by atoms with E-state index in [0.717, 1.165) is 11.6 Å². The van der Waals surface area contributed by atoms with E-state index in [4.69, 9.17) is 0 Å². The third kappa shape index (κ3) is 6.72. The number of hydrogen-bond donors (Lipinski definition) is 2. The van der Waals surface area contributed by atoms with Crippen LogP contribution in [0.5, 0.6) is 5.75 Å². The van der Waals surface area contributed by atoms with Crippen molar-refractivity contribution >= 4 is 47.1 Å². The molecule has 6 nitrogen and oxygen atoms in total. The summed E-state index contributed by atoms with van der Waals surface area (Å²) in [6, 6.07) is 20.2. The molecule has 0 unspecified atom stereocenters. The molecule has 0 saturated heterocycles. The third-order valence-electron chi connectivity index (χ3n) is 5.01. The fourth-order valence-corrected chi connectivity index (χ4v) is 3.43. The van der Waals surface area contributed by atoms with Gasteiger partial charge in [-0.2, -0.15) is 0 Å². The number of benzene rings is 3. The number of pyridine rings is 1. The fourth-order valence-electron chi connectivity index (χ4n) is 3.43. The van der Waals surface area contributed by atoms with Gasteiger partial charge in [-0.05, 0) is 47.0 Å². The number of carbonyl (C=O) groups excluding carboxylic acids is 1. The van der Waals surface area contributed by atoms with Gasteiger partial charge in [0.15, 0.2) is 0 Å². The summed E-state index contributed by atoms with van der Waals surface area (Å²) < 4.78 is 41.7. The summed E-state index contributed by atoms with van der Waals surface area (Å²) in [4.78, 5) is 28.8. The van der Waals surface area contributed by atoms with E-state index in [1.54, 1.807) is 12.3 Å². The summed E-state index contributed by atoms with van der Waals surface area (Å²) in [6.07, 6.45) is -1.90. The van der Waals surface area contributed by atoms with Crippen molar-refractivity contribution in [3.8, 4) is 28.0 Å². The topological polar surface area (TPSA) is 88.5 Å². The van der Waals surface area contributed by atoms with Crippen LogP contribution in [0.1, 0.15) is 20.7 Å². The molecule has 4 aromatic rings. The minimum absolute atomic E-state index is 0. The van der Waals surface area contributed by atoms with Crippen LogP contribution in [0, 0.1) is 0 Å².